The van der Waals surface area contributed by atoms with Gasteiger partial charge in [0.25, 0.3) is 0 Å². The summed E-state index contributed by atoms with van der Waals surface area (Å²) in [5, 5.41) is 9.04. The second kappa shape index (κ2) is 7.61. The summed E-state index contributed by atoms with van der Waals surface area (Å²) < 4.78 is 1.73. The molecule has 0 radical (unpaired) electrons. The van der Waals surface area contributed by atoms with Crippen molar-refractivity contribution in [2.45, 2.75) is 19.4 Å². The summed E-state index contributed by atoms with van der Waals surface area (Å²) in [7, 11) is 0. The van der Waals surface area contributed by atoms with Gasteiger partial charge in [-0.3, -0.25) is 4.84 Å². The molecule has 0 spiro atoms. The van der Waals surface area contributed by atoms with Crippen molar-refractivity contribution in [1.82, 2.24) is 19.7 Å². The minimum absolute atomic E-state index is 0.0972. The molecule has 3 heterocycles. The SMILES string of the molecule is Cc1ccc(-c2ccc3nccn3n2)cc1NC(=O)N1OCCC1c1ccccc1. The molecule has 2 aromatic heterocycles. The number of aromatic nitrogens is 3. The molecule has 2 aromatic carbocycles. The molecule has 0 bridgehead atoms. The van der Waals surface area contributed by atoms with Gasteiger partial charge in [-0.25, -0.2) is 14.3 Å². The van der Waals surface area contributed by atoms with Gasteiger partial charge in [0.05, 0.1) is 18.3 Å². The van der Waals surface area contributed by atoms with Crippen molar-refractivity contribution >= 4 is 17.4 Å². The van der Waals surface area contributed by atoms with E-state index in [1.54, 1.807) is 10.7 Å². The molecule has 1 N–H and O–H groups in total. The number of nitrogens with zero attached hydrogens (tertiary/aromatic N) is 4. The number of amides is 2. The van der Waals surface area contributed by atoms with Crippen LogP contribution < -0.4 is 5.32 Å². The summed E-state index contributed by atoms with van der Waals surface area (Å²) in [6, 6.07) is 19.3. The molecule has 4 aromatic rings. The third kappa shape index (κ3) is 3.40. The van der Waals surface area contributed by atoms with Gasteiger partial charge in [0.15, 0.2) is 5.65 Å². The van der Waals surface area contributed by atoms with E-state index in [9.17, 15) is 4.79 Å². The molecular weight excluding hydrogens is 378 g/mol. The highest BCUT2D eigenvalue weighted by molar-refractivity contribution is 5.90. The molecule has 1 aliphatic rings. The molecule has 1 saturated heterocycles. The molecule has 0 saturated carbocycles. The van der Waals surface area contributed by atoms with Crippen molar-refractivity contribution in [3.05, 3.63) is 84.2 Å². The van der Waals surface area contributed by atoms with Crippen LogP contribution in [-0.4, -0.2) is 32.3 Å². The number of carbonyl (C=O) groups is 1. The van der Waals surface area contributed by atoms with E-state index in [2.05, 4.69) is 15.4 Å². The number of rotatable bonds is 3. The highest BCUT2D eigenvalue weighted by Crippen LogP contribution is 2.31. The van der Waals surface area contributed by atoms with Crippen LogP contribution >= 0.6 is 0 Å². The van der Waals surface area contributed by atoms with Crippen LogP contribution in [-0.2, 0) is 4.84 Å². The lowest BCUT2D eigenvalue weighted by Gasteiger charge is -2.23. The fraction of sp³-hybridized carbons (Fsp3) is 0.174. The zero-order chi connectivity index (χ0) is 20.5. The Morgan fingerprint density at radius 3 is 2.87 bits per heavy atom. The largest absolute Gasteiger partial charge is 0.346 e. The lowest BCUT2D eigenvalue weighted by Crippen LogP contribution is -2.33. The summed E-state index contributed by atoms with van der Waals surface area (Å²) in [5.74, 6) is 0. The lowest BCUT2D eigenvalue weighted by molar-refractivity contribution is -0.0829. The maximum Gasteiger partial charge on any atom is 0.346 e. The fourth-order valence-electron chi connectivity index (χ4n) is 3.70. The van der Waals surface area contributed by atoms with E-state index < -0.39 is 0 Å². The van der Waals surface area contributed by atoms with Gasteiger partial charge in [0, 0.05) is 30.1 Å². The number of urea groups is 1. The van der Waals surface area contributed by atoms with Gasteiger partial charge in [0.1, 0.15) is 0 Å². The van der Waals surface area contributed by atoms with E-state index in [1.807, 2.05) is 73.8 Å². The minimum Gasteiger partial charge on any atom is -0.306 e. The van der Waals surface area contributed by atoms with Crippen LogP contribution in [0.2, 0.25) is 0 Å². The molecule has 1 unspecified atom stereocenters. The Labute approximate surface area is 173 Å². The minimum atomic E-state index is -0.278. The molecule has 5 rings (SSSR count). The number of benzene rings is 2. The zero-order valence-corrected chi connectivity index (χ0v) is 16.5. The average Bonchev–Trinajstić information content (AvgIpc) is 3.45. The number of aryl methyl sites for hydroxylation is 1. The van der Waals surface area contributed by atoms with Crippen molar-refractivity contribution in [2.75, 3.05) is 11.9 Å². The monoisotopic (exact) mass is 399 g/mol. The standard InChI is InChI=1S/C23H21N5O2/c1-16-7-8-18(19-9-10-22-24-12-13-27(22)26-19)15-20(16)25-23(29)28-21(11-14-30-28)17-5-3-2-4-6-17/h2-10,12-13,15,21H,11,14H2,1H3,(H,25,29). The van der Waals surface area contributed by atoms with Crippen LogP contribution in [0.4, 0.5) is 10.5 Å². The normalized spacial score (nSPS) is 16.2. The van der Waals surface area contributed by atoms with E-state index in [0.717, 1.165) is 40.1 Å². The van der Waals surface area contributed by atoms with Crippen LogP contribution in [0.3, 0.4) is 0 Å². The summed E-state index contributed by atoms with van der Waals surface area (Å²) in [5.41, 5.74) is 5.26. The molecule has 0 aliphatic carbocycles. The number of fused-ring (bicyclic) bond motifs is 1. The average molecular weight is 399 g/mol. The van der Waals surface area contributed by atoms with E-state index in [1.165, 1.54) is 5.06 Å². The number of hydroxylamine groups is 2. The molecule has 150 valence electrons. The maximum absolute atomic E-state index is 13.0. The van der Waals surface area contributed by atoms with Crippen LogP contribution in [0.15, 0.2) is 73.1 Å². The van der Waals surface area contributed by atoms with E-state index in [0.29, 0.717) is 6.61 Å². The van der Waals surface area contributed by atoms with Crippen molar-refractivity contribution < 1.29 is 9.63 Å². The van der Waals surface area contributed by atoms with Crippen LogP contribution in [0.25, 0.3) is 16.9 Å². The smallest absolute Gasteiger partial charge is 0.306 e. The molecule has 1 fully saturated rings. The first-order valence-corrected chi connectivity index (χ1v) is 9.88. The van der Waals surface area contributed by atoms with Crippen molar-refractivity contribution in [2.24, 2.45) is 0 Å². The van der Waals surface area contributed by atoms with Gasteiger partial charge in [-0.15, -0.1) is 0 Å². The Hall–Kier alpha value is -3.71. The van der Waals surface area contributed by atoms with Crippen LogP contribution in [0.1, 0.15) is 23.6 Å². The molecule has 7 nitrogen and oxygen atoms in total. The first-order chi connectivity index (χ1) is 14.7. The number of anilines is 1. The third-order valence-electron chi connectivity index (χ3n) is 5.32. The first-order valence-electron chi connectivity index (χ1n) is 9.88. The number of hydrogen-bond acceptors (Lipinski definition) is 4. The molecule has 7 heteroatoms. The lowest BCUT2D eigenvalue weighted by atomic mass is 10.0. The number of carbonyl (C=O) groups excluding carboxylic acids is 1. The van der Waals surface area contributed by atoms with Gasteiger partial charge in [-0.05, 0) is 36.2 Å². The highest BCUT2D eigenvalue weighted by Gasteiger charge is 2.32. The zero-order valence-electron chi connectivity index (χ0n) is 16.5. The number of imidazole rings is 1. The van der Waals surface area contributed by atoms with Crippen LogP contribution in [0.5, 0.6) is 0 Å². The Kier molecular flexibility index (Phi) is 4.65. The highest BCUT2D eigenvalue weighted by atomic mass is 16.7. The maximum atomic E-state index is 13.0. The summed E-state index contributed by atoms with van der Waals surface area (Å²) in [6.45, 7) is 2.48. The second-order valence-corrected chi connectivity index (χ2v) is 7.28. The third-order valence-corrected chi connectivity index (χ3v) is 5.32. The number of hydrogen-bond donors (Lipinski definition) is 1. The second-order valence-electron chi connectivity index (χ2n) is 7.28. The van der Waals surface area contributed by atoms with E-state index in [4.69, 9.17) is 4.84 Å². The summed E-state index contributed by atoms with van der Waals surface area (Å²) in [6.07, 6.45) is 4.29. The van der Waals surface area contributed by atoms with Gasteiger partial charge < -0.3 is 5.32 Å². The van der Waals surface area contributed by atoms with Gasteiger partial charge >= 0.3 is 6.03 Å². The van der Waals surface area contributed by atoms with Crippen molar-refractivity contribution in [3.8, 4) is 11.3 Å². The summed E-state index contributed by atoms with van der Waals surface area (Å²) in [4.78, 5) is 22.9. The number of nitrogens with one attached hydrogen (secondary N) is 1. The topological polar surface area (TPSA) is 71.8 Å². The fourth-order valence-corrected chi connectivity index (χ4v) is 3.70. The Bertz CT molecular complexity index is 1200. The molecular formula is C23H21N5O2. The quantitative estimate of drug-likeness (QED) is 0.546. The van der Waals surface area contributed by atoms with Gasteiger partial charge in [-0.1, -0.05) is 42.5 Å². The molecule has 30 heavy (non-hydrogen) atoms. The molecule has 1 atom stereocenters. The van der Waals surface area contributed by atoms with E-state index >= 15 is 0 Å². The Morgan fingerprint density at radius 2 is 2.00 bits per heavy atom. The van der Waals surface area contributed by atoms with Gasteiger partial charge in [0.2, 0.25) is 0 Å². The van der Waals surface area contributed by atoms with Crippen molar-refractivity contribution in [3.63, 3.8) is 0 Å². The van der Waals surface area contributed by atoms with Crippen LogP contribution in [0, 0.1) is 6.92 Å². The molecule has 1 aliphatic heterocycles. The summed E-state index contributed by atoms with van der Waals surface area (Å²) >= 11 is 0. The van der Waals surface area contributed by atoms with Crippen molar-refractivity contribution in [1.29, 1.82) is 0 Å². The molecule has 2 amide bonds. The predicted octanol–water partition coefficient (Wildman–Crippen LogP) is 4.62. The predicted molar refractivity (Wildman–Crippen MR) is 114 cm³/mol. The first kappa shape index (κ1) is 18.3. The Morgan fingerprint density at radius 1 is 1.13 bits per heavy atom. The Balaban J connectivity index is 1.40. The van der Waals surface area contributed by atoms with Gasteiger partial charge in [-0.2, -0.15) is 10.2 Å². The van der Waals surface area contributed by atoms with E-state index in [-0.39, 0.29) is 12.1 Å².